The van der Waals surface area contributed by atoms with E-state index >= 15 is 0 Å². The highest BCUT2D eigenvalue weighted by Crippen LogP contribution is 2.26. The van der Waals surface area contributed by atoms with Crippen LogP contribution in [0.5, 0.6) is 5.75 Å². The minimum Gasteiger partial charge on any atom is -0.490 e. The highest BCUT2D eigenvalue weighted by molar-refractivity contribution is 5.50. The third-order valence-corrected chi connectivity index (χ3v) is 2.99. The van der Waals surface area contributed by atoms with Crippen LogP contribution in [-0.4, -0.2) is 32.9 Å². The van der Waals surface area contributed by atoms with Crippen molar-refractivity contribution in [3.05, 3.63) is 35.9 Å². The van der Waals surface area contributed by atoms with Gasteiger partial charge >= 0.3 is 0 Å². The molecule has 0 unspecified atom stereocenters. The standard InChI is InChI=1S/C16H23NO2/c1-18-13-12-17-11-3-2-4-14-5-7-15(8-6-14)19-16-9-10-16/h2,4-8,16-17H,3,9-13H2,1H3/b4-2+. The van der Waals surface area contributed by atoms with Crippen molar-refractivity contribution < 1.29 is 9.47 Å². The van der Waals surface area contributed by atoms with Crippen molar-refractivity contribution in [1.82, 2.24) is 5.32 Å². The maximum Gasteiger partial charge on any atom is 0.119 e. The summed E-state index contributed by atoms with van der Waals surface area (Å²) in [5, 5.41) is 3.31. The van der Waals surface area contributed by atoms with E-state index in [1.807, 2.05) is 0 Å². The Hall–Kier alpha value is -1.32. The van der Waals surface area contributed by atoms with E-state index in [9.17, 15) is 0 Å². The molecule has 0 bridgehead atoms. The lowest BCUT2D eigenvalue weighted by atomic mass is 10.2. The predicted molar refractivity (Wildman–Crippen MR) is 78.5 cm³/mol. The van der Waals surface area contributed by atoms with Crippen molar-refractivity contribution in [3.8, 4) is 5.75 Å². The van der Waals surface area contributed by atoms with E-state index in [0.29, 0.717) is 6.10 Å². The van der Waals surface area contributed by atoms with Crippen LogP contribution in [0.2, 0.25) is 0 Å². The normalized spacial score (nSPS) is 15.0. The van der Waals surface area contributed by atoms with E-state index in [4.69, 9.17) is 9.47 Å². The van der Waals surface area contributed by atoms with Crippen molar-refractivity contribution in [2.45, 2.75) is 25.4 Å². The zero-order chi connectivity index (χ0) is 13.3. The molecule has 0 spiro atoms. The molecule has 0 atom stereocenters. The van der Waals surface area contributed by atoms with E-state index in [0.717, 1.165) is 31.9 Å². The molecule has 3 heteroatoms. The largest absolute Gasteiger partial charge is 0.490 e. The second-order valence-corrected chi connectivity index (χ2v) is 4.82. The topological polar surface area (TPSA) is 30.5 Å². The van der Waals surface area contributed by atoms with E-state index in [1.165, 1.54) is 18.4 Å². The molecule has 0 saturated heterocycles. The fourth-order valence-corrected chi connectivity index (χ4v) is 1.74. The van der Waals surface area contributed by atoms with E-state index in [1.54, 1.807) is 7.11 Å². The number of nitrogens with one attached hydrogen (secondary N) is 1. The van der Waals surface area contributed by atoms with Crippen LogP contribution in [0.15, 0.2) is 30.3 Å². The highest BCUT2D eigenvalue weighted by Gasteiger charge is 2.23. The van der Waals surface area contributed by atoms with Gasteiger partial charge in [-0.05, 0) is 43.5 Å². The minimum absolute atomic E-state index is 0.472. The van der Waals surface area contributed by atoms with E-state index in [2.05, 4.69) is 41.7 Å². The molecule has 0 radical (unpaired) electrons. The van der Waals surface area contributed by atoms with Gasteiger partial charge in [0, 0.05) is 13.7 Å². The van der Waals surface area contributed by atoms with Crippen LogP contribution in [0, 0.1) is 0 Å². The number of benzene rings is 1. The van der Waals surface area contributed by atoms with Gasteiger partial charge in [-0.25, -0.2) is 0 Å². The van der Waals surface area contributed by atoms with Crippen LogP contribution in [0.3, 0.4) is 0 Å². The van der Waals surface area contributed by atoms with Gasteiger partial charge in [0.2, 0.25) is 0 Å². The van der Waals surface area contributed by atoms with Crippen LogP contribution < -0.4 is 10.1 Å². The third-order valence-electron chi connectivity index (χ3n) is 2.99. The zero-order valence-electron chi connectivity index (χ0n) is 11.6. The molecule has 2 rings (SSSR count). The molecular weight excluding hydrogens is 238 g/mol. The Morgan fingerprint density at radius 2 is 2.00 bits per heavy atom. The van der Waals surface area contributed by atoms with Crippen LogP contribution in [0.25, 0.3) is 6.08 Å². The number of rotatable bonds is 9. The summed E-state index contributed by atoms with van der Waals surface area (Å²) in [5.74, 6) is 0.987. The first kappa shape index (κ1) is 14.1. The summed E-state index contributed by atoms with van der Waals surface area (Å²) in [6.45, 7) is 2.67. The van der Waals surface area contributed by atoms with E-state index in [-0.39, 0.29) is 0 Å². The number of methoxy groups -OCH3 is 1. The first-order valence-electron chi connectivity index (χ1n) is 7.01. The first-order chi connectivity index (χ1) is 9.38. The molecule has 3 nitrogen and oxygen atoms in total. The molecule has 0 aromatic heterocycles. The Morgan fingerprint density at radius 3 is 2.68 bits per heavy atom. The maximum atomic E-state index is 5.71. The number of hydrogen-bond donors (Lipinski definition) is 1. The Kier molecular flexibility index (Phi) is 5.92. The van der Waals surface area contributed by atoms with Crippen LogP contribution >= 0.6 is 0 Å². The quantitative estimate of drug-likeness (QED) is 0.693. The van der Waals surface area contributed by atoms with Crippen molar-refractivity contribution in [2.24, 2.45) is 0 Å². The minimum atomic E-state index is 0.472. The monoisotopic (exact) mass is 261 g/mol. The summed E-state index contributed by atoms with van der Waals surface area (Å²) in [6, 6.07) is 8.31. The average molecular weight is 261 g/mol. The molecular formula is C16H23NO2. The van der Waals surface area contributed by atoms with Gasteiger partial charge < -0.3 is 14.8 Å². The lowest BCUT2D eigenvalue weighted by Crippen LogP contribution is -2.19. The van der Waals surface area contributed by atoms with Gasteiger partial charge in [-0.2, -0.15) is 0 Å². The summed E-state index contributed by atoms with van der Waals surface area (Å²) in [6.07, 6.45) is 8.26. The molecule has 1 saturated carbocycles. The Bertz CT molecular complexity index is 382. The molecule has 104 valence electrons. The fraction of sp³-hybridized carbons (Fsp3) is 0.500. The molecule has 1 aromatic rings. The summed E-state index contributed by atoms with van der Waals surface area (Å²) in [7, 11) is 1.72. The lowest BCUT2D eigenvalue weighted by molar-refractivity contribution is 0.199. The Labute approximate surface area is 115 Å². The zero-order valence-corrected chi connectivity index (χ0v) is 11.6. The lowest BCUT2D eigenvalue weighted by Gasteiger charge is -2.04. The maximum absolute atomic E-state index is 5.71. The first-order valence-corrected chi connectivity index (χ1v) is 7.01. The van der Waals surface area contributed by atoms with Gasteiger partial charge in [0.15, 0.2) is 0 Å². The van der Waals surface area contributed by atoms with Crippen molar-refractivity contribution in [2.75, 3.05) is 26.8 Å². The van der Waals surface area contributed by atoms with Gasteiger partial charge in [-0.3, -0.25) is 0 Å². The molecule has 1 N–H and O–H groups in total. The van der Waals surface area contributed by atoms with Gasteiger partial charge in [0.05, 0.1) is 12.7 Å². The molecule has 1 aliphatic carbocycles. The van der Waals surface area contributed by atoms with Crippen molar-refractivity contribution in [1.29, 1.82) is 0 Å². The molecule has 1 fully saturated rings. The second kappa shape index (κ2) is 7.97. The molecule has 1 aliphatic rings. The molecule has 19 heavy (non-hydrogen) atoms. The second-order valence-electron chi connectivity index (χ2n) is 4.82. The van der Waals surface area contributed by atoms with Gasteiger partial charge in [0.1, 0.15) is 5.75 Å². The molecule has 0 heterocycles. The average Bonchev–Trinajstić information content (AvgIpc) is 3.24. The number of hydrogen-bond acceptors (Lipinski definition) is 3. The van der Waals surface area contributed by atoms with Gasteiger partial charge in [-0.1, -0.05) is 24.3 Å². The van der Waals surface area contributed by atoms with Crippen molar-refractivity contribution >= 4 is 6.08 Å². The van der Waals surface area contributed by atoms with Gasteiger partial charge in [-0.15, -0.1) is 0 Å². The fourth-order valence-electron chi connectivity index (χ4n) is 1.74. The summed E-state index contributed by atoms with van der Waals surface area (Å²) >= 11 is 0. The predicted octanol–water partition coefficient (Wildman–Crippen LogP) is 2.87. The van der Waals surface area contributed by atoms with Crippen LogP contribution in [0.1, 0.15) is 24.8 Å². The summed E-state index contributed by atoms with van der Waals surface area (Å²) in [4.78, 5) is 0. The number of ether oxygens (including phenoxy) is 2. The van der Waals surface area contributed by atoms with Crippen LogP contribution in [-0.2, 0) is 4.74 Å². The van der Waals surface area contributed by atoms with Gasteiger partial charge in [0.25, 0.3) is 0 Å². The molecule has 1 aromatic carbocycles. The van der Waals surface area contributed by atoms with E-state index < -0.39 is 0 Å². The molecule has 0 aliphatic heterocycles. The smallest absolute Gasteiger partial charge is 0.119 e. The van der Waals surface area contributed by atoms with Crippen LogP contribution in [0.4, 0.5) is 0 Å². The highest BCUT2D eigenvalue weighted by atomic mass is 16.5. The Balaban J connectivity index is 1.63. The third kappa shape index (κ3) is 5.90. The SMILES string of the molecule is COCCNCC/C=C/c1ccc(OC2CC2)cc1. The van der Waals surface area contributed by atoms with Crippen molar-refractivity contribution in [3.63, 3.8) is 0 Å². The Morgan fingerprint density at radius 1 is 1.21 bits per heavy atom. The summed E-state index contributed by atoms with van der Waals surface area (Å²) in [5.41, 5.74) is 1.22. The summed E-state index contributed by atoms with van der Waals surface area (Å²) < 4.78 is 10.7. The molecule has 0 amide bonds.